The molecule has 1 N–H and O–H groups in total. The van der Waals surface area contributed by atoms with Crippen LogP contribution in [0.4, 0.5) is 13.2 Å². The number of nitrogens with zero attached hydrogens (tertiary/aromatic N) is 3. The van der Waals surface area contributed by atoms with Crippen LogP contribution in [0.1, 0.15) is 23.9 Å². The molecule has 106 valence electrons. The van der Waals surface area contributed by atoms with E-state index in [2.05, 4.69) is 15.4 Å². The molecule has 1 aliphatic heterocycles. The van der Waals surface area contributed by atoms with Gasteiger partial charge >= 0.3 is 6.18 Å². The lowest BCUT2D eigenvalue weighted by Crippen LogP contribution is -2.12. The van der Waals surface area contributed by atoms with Crippen molar-refractivity contribution in [3.63, 3.8) is 0 Å². The van der Waals surface area contributed by atoms with Crippen LogP contribution in [0.3, 0.4) is 0 Å². The van der Waals surface area contributed by atoms with Crippen LogP contribution in [0.15, 0.2) is 24.4 Å². The summed E-state index contributed by atoms with van der Waals surface area (Å²) in [6.45, 7) is 0.776. The zero-order chi connectivity index (χ0) is 14.3. The number of alkyl halides is 3. The standard InChI is InChI=1S/C13H13F3N4/c1-17-9-3-5-20-11(9)7-10(19-20)8-2-4-18-12(6-8)13(14,15)16/h2,4,6-7,9,17H,3,5H2,1H3. The number of aryl methyl sites for hydroxylation is 1. The molecule has 3 rings (SSSR count). The van der Waals surface area contributed by atoms with Crippen molar-refractivity contribution < 1.29 is 13.2 Å². The summed E-state index contributed by atoms with van der Waals surface area (Å²) in [7, 11) is 1.86. The van der Waals surface area contributed by atoms with Gasteiger partial charge in [-0.05, 0) is 31.7 Å². The molecule has 20 heavy (non-hydrogen) atoms. The first-order valence-corrected chi connectivity index (χ1v) is 6.27. The summed E-state index contributed by atoms with van der Waals surface area (Å²) < 4.78 is 39.8. The van der Waals surface area contributed by atoms with E-state index in [9.17, 15) is 13.2 Å². The Morgan fingerprint density at radius 1 is 1.35 bits per heavy atom. The normalized spacial score (nSPS) is 18.3. The van der Waals surface area contributed by atoms with Gasteiger partial charge < -0.3 is 5.32 Å². The Labute approximate surface area is 113 Å². The van der Waals surface area contributed by atoms with Crippen LogP contribution in [0.2, 0.25) is 0 Å². The molecule has 0 bridgehead atoms. The third-order valence-electron chi connectivity index (χ3n) is 3.49. The minimum Gasteiger partial charge on any atom is -0.312 e. The smallest absolute Gasteiger partial charge is 0.312 e. The van der Waals surface area contributed by atoms with E-state index in [0.717, 1.165) is 30.9 Å². The topological polar surface area (TPSA) is 42.7 Å². The first-order chi connectivity index (χ1) is 9.49. The average molecular weight is 282 g/mol. The van der Waals surface area contributed by atoms with Crippen molar-refractivity contribution >= 4 is 0 Å². The third-order valence-corrected chi connectivity index (χ3v) is 3.49. The number of nitrogens with one attached hydrogen (secondary N) is 1. The van der Waals surface area contributed by atoms with Crippen LogP contribution in [0, 0.1) is 0 Å². The summed E-state index contributed by atoms with van der Waals surface area (Å²) in [5.41, 5.74) is 1.10. The Balaban J connectivity index is 1.99. The van der Waals surface area contributed by atoms with Crippen LogP contribution in [0.25, 0.3) is 11.3 Å². The monoisotopic (exact) mass is 282 g/mol. The van der Waals surface area contributed by atoms with E-state index in [4.69, 9.17) is 0 Å². The quantitative estimate of drug-likeness (QED) is 0.920. The van der Waals surface area contributed by atoms with Crippen molar-refractivity contribution in [2.45, 2.75) is 25.2 Å². The first kappa shape index (κ1) is 13.1. The Kier molecular flexibility index (Phi) is 3.01. The molecular weight excluding hydrogens is 269 g/mol. The largest absolute Gasteiger partial charge is 0.433 e. The molecule has 0 radical (unpaired) electrons. The number of pyridine rings is 1. The second kappa shape index (κ2) is 4.59. The highest BCUT2D eigenvalue weighted by atomic mass is 19.4. The van der Waals surface area contributed by atoms with Gasteiger partial charge in [0.1, 0.15) is 5.69 Å². The van der Waals surface area contributed by atoms with Crippen molar-refractivity contribution in [2.24, 2.45) is 0 Å². The molecule has 1 aliphatic rings. The lowest BCUT2D eigenvalue weighted by atomic mass is 10.1. The molecule has 2 aromatic heterocycles. The number of halogens is 3. The fraction of sp³-hybridized carbons (Fsp3) is 0.385. The second-order valence-electron chi connectivity index (χ2n) is 4.74. The van der Waals surface area contributed by atoms with Gasteiger partial charge in [0.25, 0.3) is 0 Å². The van der Waals surface area contributed by atoms with E-state index in [1.165, 1.54) is 0 Å². The van der Waals surface area contributed by atoms with E-state index in [1.54, 1.807) is 6.07 Å². The van der Waals surface area contributed by atoms with Gasteiger partial charge in [0.05, 0.1) is 17.4 Å². The SMILES string of the molecule is CNC1CCn2nc(-c3ccnc(C(F)(F)F)c3)cc21. The van der Waals surface area contributed by atoms with Crippen molar-refractivity contribution in [3.05, 3.63) is 35.8 Å². The van der Waals surface area contributed by atoms with Crippen molar-refractivity contribution in [3.8, 4) is 11.3 Å². The van der Waals surface area contributed by atoms with E-state index < -0.39 is 11.9 Å². The van der Waals surface area contributed by atoms with Crippen LogP contribution >= 0.6 is 0 Å². The van der Waals surface area contributed by atoms with Gasteiger partial charge in [-0.2, -0.15) is 18.3 Å². The Bertz CT molecular complexity index is 633. The van der Waals surface area contributed by atoms with E-state index >= 15 is 0 Å². The molecule has 3 heterocycles. The van der Waals surface area contributed by atoms with Crippen LogP contribution in [-0.4, -0.2) is 21.8 Å². The maximum atomic E-state index is 12.7. The number of fused-ring (bicyclic) bond motifs is 1. The van der Waals surface area contributed by atoms with Gasteiger partial charge in [-0.25, -0.2) is 0 Å². The zero-order valence-corrected chi connectivity index (χ0v) is 10.8. The van der Waals surface area contributed by atoms with Crippen LogP contribution < -0.4 is 5.32 Å². The fourth-order valence-electron chi connectivity index (χ4n) is 2.47. The van der Waals surface area contributed by atoms with E-state index in [1.807, 2.05) is 17.8 Å². The number of hydrogen-bond donors (Lipinski definition) is 1. The van der Waals surface area contributed by atoms with Crippen molar-refractivity contribution in [1.29, 1.82) is 0 Å². The minimum atomic E-state index is -4.44. The van der Waals surface area contributed by atoms with Crippen molar-refractivity contribution in [1.82, 2.24) is 20.1 Å². The molecular formula is C13H13F3N4. The molecule has 0 fully saturated rings. The Hall–Kier alpha value is -1.89. The third kappa shape index (κ3) is 2.18. The molecule has 0 aromatic carbocycles. The Morgan fingerprint density at radius 2 is 2.15 bits per heavy atom. The van der Waals surface area contributed by atoms with E-state index in [-0.39, 0.29) is 6.04 Å². The molecule has 1 unspecified atom stereocenters. The molecule has 0 amide bonds. The summed E-state index contributed by atoms with van der Waals surface area (Å²) in [6.07, 6.45) is -2.33. The summed E-state index contributed by atoms with van der Waals surface area (Å²) in [5.74, 6) is 0. The predicted octanol–water partition coefficient (Wildman–Crippen LogP) is 2.63. The summed E-state index contributed by atoms with van der Waals surface area (Å²) in [4.78, 5) is 3.36. The van der Waals surface area contributed by atoms with Gasteiger partial charge in [0.15, 0.2) is 0 Å². The molecule has 7 heteroatoms. The van der Waals surface area contributed by atoms with Gasteiger partial charge in [-0.3, -0.25) is 9.67 Å². The zero-order valence-electron chi connectivity index (χ0n) is 10.8. The Morgan fingerprint density at radius 3 is 2.85 bits per heavy atom. The van der Waals surface area contributed by atoms with Gasteiger partial charge in [0.2, 0.25) is 0 Å². The molecule has 1 atom stereocenters. The second-order valence-corrected chi connectivity index (χ2v) is 4.74. The van der Waals surface area contributed by atoms with Gasteiger partial charge in [-0.15, -0.1) is 0 Å². The maximum Gasteiger partial charge on any atom is 0.433 e. The molecule has 0 saturated carbocycles. The molecule has 2 aromatic rings. The van der Waals surface area contributed by atoms with Gasteiger partial charge in [-0.1, -0.05) is 0 Å². The molecule has 0 spiro atoms. The predicted molar refractivity (Wildman–Crippen MR) is 66.9 cm³/mol. The van der Waals surface area contributed by atoms with E-state index in [0.29, 0.717) is 11.3 Å². The maximum absolute atomic E-state index is 12.7. The summed E-state index contributed by atoms with van der Waals surface area (Å²) >= 11 is 0. The number of aromatic nitrogens is 3. The number of rotatable bonds is 2. The highest BCUT2D eigenvalue weighted by molar-refractivity contribution is 5.60. The van der Waals surface area contributed by atoms with Crippen LogP contribution in [-0.2, 0) is 12.7 Å². The molecule has 4 nitrogen and oxygen atoms in total. The minimum absolute atomic E-state index is 0.208. The lowest BCUT2D eigenvalue weighted by Gasteiger charge is -2.07. The molecule has 0 aliphatic carbocycles. The number of hydrogen-bond acceptors (Lipinski definition) is 3. The highest BCUT2D eigenvalue weighted by Crippen LogP contribution is 2.32. The first-order valence-electron chi connectivity index (χ1n) is 6.27. The van der Waals surface area contributed by atoms with Gasteiger partial charge in [0, 0.05) is 18.3 Å². The lowest BCUT2D eigenvalue weighted by molar-refractivity contribution is -0.141. The average Bonchev–Trinajstić information content (AvgIpc) is 2.97. The fourth-order valence-corrected chi connectivity index (χ4v) is 2.47. The highest BCUT2D eigenvalue weighted by Gasteiger charge is 2.33. The summed E-state index contributed by atoms with van der Waals surface area (Å²) in [6, 6.07) is 4.62. The summed E-state index contributed by atoms with van der Waals surface area (Å²) in [5, 5.41) is 7.53. The van der Waals surface area contributed by atoms with Crippen LogP contribution in [0.5, 0.6) is 0 Å². The van der Waals surface area contributed by atoms with Crippen molar-refractivity contribution in [2.75, 3.05) is 7.05 Å². The molecule has 0 saturated heterocycles.